The molecule has 0 saturated heterocycles. The average Bonchev–Trinajstić information content (AvgIpc) is 2.73. The number of aldehydes is 1. The van der Waals surface area contributed by atoms with Gasteiger partial charge in [0.15, 0.2) is 6.29 Å². The Morgan fingerprint density at radius 3 is 3.00 bits per heavy atom. The minimum absolute atomic E-state index is 0.386. The van der Waals surface area contributed by atoms with Gasteiger partial charge >= 0.3 is 0 Å². The van der Waals surface area contributed by atoms with Crippen molar-refractivity contribution >= 4 is 22.2 Å². The monoisotopic (exact) mass is 294 g/mol. The van der Waals surface area contributed by atoms with Crippen molar-refractivity contribution < 1.29 is 9.53 Å². The van der Waals surface area contributed by atoms with E-state index in [2.05, 4.69) is 21.0 Å². The van der Waals surface area contributed by atoms with E-state index in [-0.39, 0.29) is 0 Å². The van der Waals surface area contributed by atoms with E-state index >= 15 is 0 Å². The van der Waals surface area contributed by atoms with E-state index in [1.165, 1.54) is 0 Å². The molecule has 0 amide bonds. The molecule has 17 heavy (non-hydrogen) atoms. The zero-order valence-electron chi connectivity index (χ0n) is 9.26. The van der Waals surface area contributed by atoms with Crippen molar-refractivity contribution in [3.63, 3.8) is 0 Å². The van der Waals surface area contributed by atoms with Crippen LogP contribution in [0.25, 0.3) is 0 Å². The van der Waals surface area contributed by atoms with Gasteiger partial charge in [-0.2, -0.15) is 5.10 Å². The molecular formula is C12H11BrN2O2. The number of carbonyl (C=O) groups is 1. The van der Waals surface area contributed by atoms with Crippen LogP contribution < -0.4 is 4.74 Å². The number of carbonyl (C=O) groups excluding carboxylic acids is 1. The molecule has 0 N–H and O–H groups in total. The fourth-order valence-electron chi connectivity index (χ4n) is 1.47. The maximum atomic E-state index is 10.9. The first-order valence-electron chi connectivity index (χ1n) is 5.04. The van der Waals surface area contributed by atoms with E-state index < -0.39 is 0 Å². The molecule has 1 heterocycles. The first-order valence-corrected chi connectivity index (χ1v) is 5.84. The number of hydrogen-bond acceptors (Lipinski definition) is 3. The number of aryl methyl sites for hydroxylation is 1. The van der Waals surface area contributed by atoms with Crippen molar-refractivity contribution in [1.82, 2.24) is 9.78 Å². The zero-order chi connectivity index (χ0) is 12.3. The number of halogens is 1. The molecular weight excluding hydrogens is 284 g/mol. The Balaban J connectivity index is 2.16. The minimum Gasteiger partial charge on any atom is -0.487 e. The van der Waals surface area contributed by atoms with Crippen LogP contribution in [0.4, 0.5) is 0 Å². The number of benzene rings is 1. The largest absolute Gasteiger partial charge is 0.487 e. The molecule has 0 aliphatic heterocycles. The lowest BCUT2D eigenvalue weighted by Gasteiger charge is -2.08. The van der Waals surface area contributed by atoms with Crippen molar-refractivity contribution in [2.45, 2.75) is 6.61 Å². The molecule has 0 spiro atoms. The maximum absolute atomic E-state index is 10.9. The van der Waals surface area contributed by atoms with Gasteiger partial charge in [-0.3, -0.25) is 9.48 Å². The first-order chi connectivity index (χ1) is 8.20. The molecule has 0 atom stereocenters. The quantitative estimate of drug-likeness (QED) is 0.814. The Hall–Kier alpha value is -1.62. The van der Waals surface area contributed by atoms with Gasteiger partial charge in [0, 0.05) is 18.8 Å². The Labute approximate surface area is 107 Å². The van der Waals surface area contributed by atoms with Crippen molar-refractivity contribution in [1.29, 1.82) is 0 Å². The molecule has 0 bridgehead atoms. The third-order valence-electron chi connectivity index (χ3n) is 2.27. The fourth-order valence-corrected chi connectivity index (χ4v) is 1.97. The Morgan fingerprint density at radius 2 is 2.35 bits per heavy atom. The van der Waals surface area contributed by atoms with Gasteiger partial charge in [-0.1, -0.05) is 6.07 Å². The Kier molecular flexibility index (Phi) is 3.58. The molecule has 0 radical (unpaired) electrons. The van der Waals surface area contributed by atoms with E-state index in [4.69, 9.17) is 4.74 Å². The second-order valence-corrected chi connectivity index (χ2v) is 4.44. The van der Waals surface area contributed by atoms with Crippen molar-refractivity contribution in [2.24, 2.45) is 7.05 Å². The highest BCUT2D eigenvalue weighted by molar-refractivity contribution is 9.10. The normalized spacial score (nSPS) is 10.2. The molecule has 4 nitrogen and oxygen atoms in total. The highest BCUT2D eigenvalue weighted by Crippen LogP contribution is 2.28. The van der Waals surface area contributed by atoms with Crippen LogP contribution in [0.5, 0.6) is 5.75 Å². The van der Waals surface area contributed by atoms with E-state index in [0.717, 1.165) is 16.3 Å². The van der Waals surface area contributed by atoms with Gasteiger partial charge in [-0.25, -0.2) is 0 Å². The van der Waals surface area contributed by atoms with Crippen LogP contribution in [0.15, 0.2) is 35.1 Å². The van der Waals surface area contributed by atoms with Crippen LogP contribution in [0, 0.1) is 0 Å². The van der Waals surface area contributed by atoms with E-state index in [1.807, 2.05) is 19.3 Å². The lowest BCUT2D eigenvalue weighted by molar-refractivity contribution is 0.111. The molecule has 88 valence electrons. The van der Waals surface area contributed by atoms with Gasteiger partial charge in [0.2, 0.25) is 0 Å². The van der Waals surface area contributed by atoms with Gasteiger partial charge in [-0.15, -0.1) is 0 Å². The number of hydrogen-bond donors (Lipinski definition) is 0. The summed E-state index contributed by atoms with van der Waals surface area (Å²) >= 11 is 3.36. The summed E-state index contributed by atoms with van der Waals surface area (Å²) in [5.74, 6) is 0.561. The summed E-state index contributed by atoms with van der Waals surface area (Å²) in [6.45, 7) is 0.386. The topological polar surface area (TPSA) is 44.1 Å². The maximum Gasteiger partial charge on any atom is 0.153 e. The number of ether oxygens (including phenoxy) is 1. The molecule has 1 aromatic heterocycles. The minimum atomic E-state index is 0.386. The third kappa shape index (κ3) is 2.74. The SMILES string of the molecule is Cn1cc(COc2c(Br)cccc2C=O)cn1. The summed E-state index contributed by atoms with van der Waals surface area (Å²) < 4.78 is 8.10. The molecule has 2 rings (SSSR count). The van der Waals surface area contributed by atoms with Crippen molar-refractivity contribution in [3.8, 4) is 5.75 Å². The second kappa shape index (κ2) is 5.14. The molecule has 1 aromatic carbocycles. The second-order valence-electron chi connectivity index (χ2n) is 3.59. The lowest BCUT2D eigenvalue weighted by atomic mass is 10.2. The van der Waals surface area contributed by atoms with Gasteiger partial charge in [0.1, 0.15) is 12.4 Å². The smallest absolute Gasteiger partial charge is 0.153 e. The highest BCUT2D eigenvalue weighted by atomic mass is 79.9. The summed E-state index contributed by atoms with van der Waals surface area (Å²) in [7, 11) is 1.85. The van der Waals surface area contributed by atoms with Crippen molar-refractivity contribution in [3.05, 3.63) is 46.2 Å². The van der Waals surface area contributed by atoms with Gasteiger partial charge in [0.05, 0.1) is 16.2 Å². The first kappa shape index (κ1) is 11.9. The van der Waals surface area contributed by atoms with Crippen LogP contribution in [0.1, 0.15) is 15.9 Å². The molecule has 0 saturated carbocycles. The van der Waals surface area contributed by atoms with Gasteiger partial charge < -0.3 is 4.74 Å². The third-order valence-corrected chi connectivity index (χ3v) is 2.89. The molecule has 0 aliphatic rings. The summed E-state index contributed by atoms with van der Waals surface area (Å²) in [4.78, 5) is 10.9. The van der Waals surface area contributed by atoms with E-state index in [9.17, 15) is 4.79 Å². The lowest BCUT2D eigenvalue weighted by Crippen LogP contribution is -1.98. The van der Waals surface area contributed by atoms with Gasteiger partial charge in [-0.05, 0) is 28.1 Å². The predicted octanol–water partition coefficient (Wildman–Crippen LogP) is 2.57. The van der Waals surface area contributed by atoms with Crippen LogP contribution in [-0.2, 0) is 13.7 Å². The summed E-state index contributed by atoms with van der Waals surface area (Å²) in [6, 6.07) is 5.35. The standard InChI is InChI=1S/C12H11BrN2O2/c1-15-6-9(5-14-15)8-17-12-10(7-16)3-2-4-11(12)13/h2-7H,8H2,1H3. The average molecular weight is 295 g/mol. The Bertz CT molecular complexity index is 537. The number of nitrogens with zero attached hydrogens (tertiary/aromatic N) is 2. The predicted molar refractivity (Wildman–Crippen MR) is 67.1 cm³/mol. The van der Waals surface area contributed by atoms with Gasteiger partial charge in [0.25, 0.3) is 0 Å². The fraction of sp³-hybridized carbons (Fsp3) is 0.167. The van der Waals surface area contributed by atoms with E-state index in [0.29, 0.717) is 17.9 Å². The highest BCUT2D eigenvalue weighted by Gasteiger charge is 2.08. The van der Waals surface area contributed by atoms with Crippen LogP contribution in [0.3, 0.4) is 0 Å². The molecule has 5 heteroatoms. The summed E-state index contributed by atoms with van der Waals surface area (Å²) in [5, 5.41) is 4.05. The van der Waals surface area contributed by atoms with Crippen LogP contribution in [0.2, 0.25) is 0 Å². The zero-order valence-corrected chi connectivity index (χ0v) is 10.8. The molecule has 0 fully saturated rings. The number of aromatic nitrogens is 2. The summed E-state index contributed by atoms with van der Waals surface area (Å²) in [5.41, 5.74) is 1.49. The molecule has 0 aliphatic carbocycles. The number of para-hydroxylation sites is 1. The molecule has 0 unspecified atom stereocenters. The van der Waals surface area contributed by atoms with Crippen LogP contribution in [-0.4, -0.2) is 16.1 Å². The summed E-state index contributed by atoms with van der Waals surface area (Å²) in [6.07, 6.45) is 4.39. The Morgan fingerprint density at radius 1 is 1.53 bits per heavy atom. The number of rotatable bonds is 4. The van der Waals surface area contributed by atoms with E-state index in [1.54, 1.807) is 23.0 Å². The molecule has 2 aromatic rings. The van der Waals surface area contributed by atoms with Crippen LogP contribution >= 0.6 is 15.9 Å². The van der Waals surface area contributed by atoms with Crippen molar-refractivity contribution in [2.75, 3.05) is 0 Å².